The van der Waals surface area contributed by atoms with Crippen molar-refractivity contribution in [3.63, 3.8) is 0 Å². The normalized spacial score (nSPS) is 13.2. The van der Waals surface area contributed by atoms with E-state index in [1.807, 2.05) is 0 Å². The van der Waals surface area contributed by atoms with Crippen LogP contribution >= 0.6 is 11.6 Å². The Labute approximate surface area is 94.9 Å². The van der Waals surface area contributed by atoms with Crippen LogP contribution in [0.25, 0.3) is 0 Å². The molecule has 1 N–H and O–H groups in total. The summed E-state index contributed by atoms with van der Waals surface area (Å²) in [7, 11) is 0. The summed E-state index contributed by atoms with van der Waals surface area (Å²) in [5.74, 6) is 0.0984. The summed E-state index contributed by atoms with van der Waals surface area (Å²) in [6, 6.07) is 4.27. The maximum Gasteiger partial charge on any atom is 0.124 e. The Morgan fingerprint density at radius 1 is 1.40 bits per heavy atom. The molecule has 0 saturated carbocycles. The van der Waals surface area contributed by atoms with Crippen LogP contribution in [0, 0.1) is 11.7 Å². The van der Waals surface area contributed by atoms with Gasteiger partial charge in [-0.15, -0.1) is 0 Å². The minimum atomic E-state index is -0.409. The number of halogens is 2. The topological polar surface area (TPSA) is 20.2 Å². The highest BCUT2D eigenvalue weighted by atomic mass is 35.5. The van der Waals surface area contributed by atoms with E-state index >= 15 is 0 Å². The fourth-order valence-corrected chi connectivity index (χ4v) is 1.81. The van der Waals surface area contributed by atoms with Crippen molar-refractivity contribution >= 4 is 11.6 Å². The second-order valence-electron chi connectivity index (χ2n) is 4.22. The lowest BCUT2D eigenvalue weighted by Crippen LogP contribution is -2.13. The van der Waals surface area contributed by atoms with Crippen LogP contribution in [0.5, 0.6) is 0 Å². The van der Waals surface area contributed by atoms with Gasteiger partial charge < -0.3 is 5.11 Å². The van der Waals surface area contributed by atoms with Crippen LogP contribution in [0.2, 0.25) is 5.02 Å². The molecular formula is C12H16ClFO. The Morgan fingerprint density at radius 2 is 2.07 bits per heavy atom. The van der Waals surface area contributed by atoms with Gasteiger partial charge in [0.05, 0.1) is 6.10 Å². The fraction of sp³-hybridized carbons (Fsp3) is 0.500. The third-order valence-corrected chi connectivity index (χ3v) is 2.57. The monoisotopic (exact) mass is 230 g/mol. The highest BCUT2D eigenvalue weighted by Gasteiger charge is 2.10. The molecule has 1 aromatic rings. The lowest BCUT2D eigenvalue weighted by molar-refractivity contribution is 0.149. The van der Waals surface area contributed by atoms with Crippen LogP contribution in [-0.4, -0.2) is 11.2 Å². The molecule has 1 atom stereocenters. The standard InChI is InChI=1S/C12H16ClFO/c1-8(2)5-11(15)6-9-3-4-10(14)7-12(9)13/h3-4,7-8,11,15H,5-6H2,1-2H3. The van der Waals surface area contributed by atoms with Gasteiger partial charge in [-0.3, -0.25) is 0 Å². The highest BCUT2D eigenvalue weighted by Crippen LogP contribution is 2.20. The van der Waals surface area contributed by atoms with Crippen LogP contribution in [-0.2, 0) is 6.42 Å². The number of benzene rings is 1. The molecule has 0 fully saturated rings. The molecule has 0 aromatic heterocycles. The minimum Gasteiger partial charge on any atom is -0.393 e. The molecule has 0 aliphatic carbocycles. The summed E-state index contributed by atoms with van der Waals surface area (Å²) in [6.45, 7) is 4.10. The summed E-state index contributed by atoms with van der Waals surface area (Å²) >= 11 is 5.86. The molecule has 15 heavy (non-hydrogen) atoms. The van der Waals surface area contributed by atoms with Crippen molar-refractivity contribution in [2.45, 2.75) is 32.8 Å². The Kier molecular flexibility index (Phi) is 4.55. The lowest BCUT2D eigenvalue weighted by Gasteiger charge is -2.13. The smallest absolute Gasteiger partial charge is 0.124 e. The Balaban J connectivity index is 2.64. The van der Waals surface area contributed by atoms with E-state index in [0.717, 1.165) is 12.0 Å². The number of aliphatic hydroxyl groups is 1. The van der Waals surface area contributed by atoms with Crippen molar-refractivity contribution in [1.82, 2.24) is 0 Å². The molecule has 1 nitrogen and oxygen atoms in total. The molecule has 1 unspecified atom stereocenters. The van der Waals surface area contributed by atoms with E-state index in [9.17, 15) is 9.50 Å². The van der Waals surface area contributed by atoms with Gasteiger partial charge in [-0.1, -0.05) is 31.5 Å². The first-order valence-corrected chi connectivity index (χ1v) is 5.49. The minimum absolute atomic E-state index is 0.345. The van der Waals surface area contributed by atoms with Crippen LogP contribution in [0.4, 0.5) is 4.39 Å². The van der Waals surface area contributed by atoms with Gasteiger partial charge in [0.15, 0.2) is 0 Å². The zero-order valence-electron chi connectivity index (χ0n) is 9.00. The first-order valence-electron chi connectivity index (χ1n) is 5.11. The summed E-state index contributed by atoms with van der Waals surface area (Å²) in [5.41, 5.74) is 0.797. The van der Waals surface area contributed by atoms with Crippen molar-refractivity contribution in [2.24, 2.45) is 5.92 Å². The Morgan fingerprint density at radius 3 is 2.60 bits per heavy atom. The van der Waals surface area contributed by atoms with E-state index in [0.29, 0.717) is 17.4 Å². The van der Waals surface area contributed by atoms with E-state index in [1.165, 1.54) is 12.1 Å². The third kappa shape index (κ3) is 4.18. The van der Waals surface area contributed by atoms with Gasteiger partial charge in [-0.25, -0.2) is 4.39 Å². The average molecular weight is 231 g/mol. The van der Waals surface area contributed by atoms with E-state index in [1.54, 1.807) is 6.07 Å². The van der Waals surface area contributed by atoms with Crippen LogP contribution < -0.4 is 0 Å². The first kappa shape index (κ1) is 12.5. The molecule has 1 rings (SSSR count). The van der Waals surface area contributed by atoms with Gasteiger partial charge in [-0.2, -0.15) is 0 Å². The number of aliphatic hydroxyl groups excluding tert-OH is 1. The van der Waals surface area contributed by atoms with E-state index in [-0.39, 0.29) is 5.82 Å². The second kappa shape index (κ2) is 5.47. The molecule has 0 heterocycles. The van der Waals surface area contributed by atoms with Gasteiger partial charge in [0.2, 0.25) is 0 Å². The zero-order valence-corrected chi connectivity index (χ0v) is 9.76. The largest absolute Gasteiger partial charge is 0.393 e. The van der Waals surface area contributed by atoms with Gasteiger partial charge in [0.25, 0.3) is 0 Å². The summed E-state index contributed by atoms with van der Waals surface area (Å²) in [4.78, 5) is 0. The van der Waals surface area contributed by atoms with Gasteiger partial charge in [-0.05, 0) is 36.5 Å². The zero-order chi connectivity index (χ0) is 11.4. The van der Waals surface area contributed by atoms with E-state index in [4.69, 9.17) is 11.6 Å². The van der Waals surface area contributed by atoms with E-state index < -0.39 is 6.10 Å². The summed E-state index contributed by atoms with van der Waals surface area (Å²) in [6.07, 6.45) is 0.804. The molecule has 1 aromatic carbocycles. The fourth-order valence-electron chi connectivity index (χ4n) is 1.57. The Bertz CT molecular complexity index is 325. The van der Waals surface area contributed by atoms with Crippen LogP contribution in [0.3, 0.4) is 0 Å². The quantitative estimate of drug-likeness (QED) is 0.840. The number of hydrogen-bond donors (Lipinski definition) is 1. The van der Waals surface area contributed by atoms with Crippen LogP contribution in [0.15, 0.2) is 18.2 Å². The van der Waals surface area contributed by atoms with Gasteiger partial charge in [0.1, 0.15) is 5.82 Å². The maximum absolute atomic E-state index is 12.7. The predicted octanol–water partition coefficient (Wildman–Crippen LogP) is 3.43. The third-order valence-electron chi connectivity index (χ3n) is 2.21. The molecule has 0 radical (unpaired) electrons. The molecule has 0 aliphatic rings. The highest BCUT2D eigenvalue weighted by molar-refractivity contribution is 6.31. The van der Waals surface area contributed by atoms with Crippen molar-refractivity contribution < 1.29 is 9.50 Å². The van der Waals surface area contributed by atoms with Crippen molar-refractivity contribution in [3.05, 3.63) is 34.6 Å². The molecule has 0 aliphatic heterocycles. The maximum atomic E-state index is 12.7. The number of rotatable bonds is 4. The average Bonchev–Trinajstić information content (AvgIpc) is 2.08. The first-order chi connectivity index (χ1) is 6.99. The second-order valence-corrected chi connectivity index (χ2v) is 4.63. The molecule has 0 bridgehead atoms. The lowest BCUT2D eigenvalue weighted by atomic mass is 10.00. The molecular weight excluding hydrogens is 215 g/mol. The SMILES string of the molecule is CC(C)CC(O)Cc1ccc(F)cc1Cl. The molecule has 3 heteroatoms. The Hall–Kier alpha value is -0.600. The molecule has 0 saturated heterocycles. The van der Waals surface area contributed by atoms with E-state index in [2.05, 4.69) is 13.8 Å². The molecule has 0 amide bonds. The predicted molar refractivity (Wildman–Crippen MR) is 60.6 cm³/mol. The molecule has 84 valence electrons. The van der Waals surface area contributed by atoms with Crippen molar-refractivity contribution in [1.29, 1.82) is 0 Å². The van der Waals surface area contributed by atoms with Gasteiger partial charge in [0, 0.05) is 5.02 Å². The van der Waals surface area contributed by atoms with Crippen molar-refractivity contribution in [2.75, 3.05) is 0 Å². The van der Waals surface area contributed by atoms with Gasteiger partial charge >= 0.3 is 0 Å². The van der Waals surface area contributed by atoms with Crippen LogP contribution in [0.1, 0.15) is 25.8 Å². The summed E-state index contributed by atoms with van der Waals surface area (Å²) in [5, 5.41) is 10.1. The molecule has 0 spiro atoms. The number of hydrogen-bond acceptors (Lipinski definition) is 1. The van der Waals surface area contributed by atoms with Crippen molar-refractivity contribution in [3.8, 4) is 0 Å². The summed E-state index contributed by atoms with van der Waals surface area (Å²) < 4.78 is 12.7.